The fourth-order valence-corrected chi connectivity index (χ4v) is 11.5. The smallest absolute Gasteiger partial charge is 0.407 e. The van der Waals surface area contributed by atoms with E-state index in [0.29, 0.717) is 51.5 Å². The van der Waals surface area contributed by atoms with Crippen molar-refractivity contribution in [2.45, 2.75) is 91.1 Å². The first-order valence-corrected chi connectivity index (χ1v) is 18.6. The largest absolute Gasteiger partial charge is 0.497 e. The molecule has 11 heteroatoms. The van der Waals surface area contributed by atoms with Crippen LogP contribution in [0.15, 0.2) is 35.3 Å². The molecule has 0 aliphatic rings. The molecule has 247 valence electrons. The summed E-state index contributed by atoms with van der Waals surface area (Å²) < 4.78 is 39.4. The third kappa shape index (κ3) is 10.5. The Morgan fingerprint density at radius 3 is 2.27 bits per heavy atom. The molecular formula is C34H49FN3O5SSi. The van der Waals surface area contributed by atoms with E-state index in [1.807, 2.05) is 6.26 Å². The fourth-order valence-electron chi connectivity index (χ4n) is 5.64. The number of thioether (sulfide) groups is 1. The summed E-state index contributed by atoms with van der Waals surface area (Å²) in [7, 11) is -0.579. The molecule has 0 saturated carbocycles. The van der Waals surface area contributed by atoms with Crippen LogP contribution in [0.1, 0.15) is 79.0 Å². The molecule has 1 amide bonds. The van der Waals surface area contributed by atoms with Gasteiger partial charge in [0.2, 0.25) is 0 Å². The summed E-state index contributed by atoms with van der Waals surface area (Å²) >= 11 is 1.37. The number of aliphatic imine (C=N–C) groups is 1. The number of benzene rings is 2. The van der Waals surface area contributed by atoms with Crippen LogP contribution in [-0.4, -0.2) is 52.3 Å². The molecule has 2 rings (SSSR count). The summed E-state index contributed by atoms with van der Waals surface area (Å²) in [5.41, 5.74) is 2.57. The number of amides is 1. The molecule has 0 unspecified atom stereocenters. The van der Waals surface area contributed by atoms with E-state index >= 15 is 4.39 Å². The van der Waals surface area contributed by atoms with Crippen molar-refractivity contribution in [2.24, 2.45) is 4.99 Å². The molecule has 0 aliphatic heterocycles. The molecule has 0 saturated heterocycles. The second kappa shape index (κ2) is 17.0. The first-order chi connectivity index (χ1) is 21.1. The Labute approximate surface area is 274 Å². The van der Waals surface area contributed by atoms with Gasteiger partial charge in [-0.1, -0.05) is 41.5 Å². The summed E-state index contributed by atoms with van der Waals surface area (Å²) in [4.78, 5) is 16.9. The molecule has 2 aromatic carbocycles. The number of rotatable bonds is 15. The van der Waals surface area contributed by atoms with Gasteiger partial charge in [0.1, 0.15) is 18.0 Å². The van der Waals surface area contributed by atoms with Gasteiger partial charge in [-0.15, -0.1) is 0 Å². The van der Waals surface area contributed by atoms with E-state index < -0.39 is 25.8 Å². The van der Waals surface area contributed by atoms with Crippen molar-refractivity contribution in [3.05, 3.63) is 58.6 Å². The van der Waals surface area contributed by atoms with Crippen LogP contribution in [0.5, 0.6) is 11.5 Å². The van der Waals surface area contributed by atoms with Crippen molar-refractivity contribution in [1.82, 2.24) is 5.32 Å². The van der Waals surface area contributed by atoms with Gasteiger partial charge in [0.05, 0.1) is 42.5 Å². The number of hydrogen-bond donors (Lipinski definition) is 1. The predicted molar refractivity (Wildman–Crippen MR) is 184 cm³/mol. The lowest BCUT2D eigenvalue weighted by Crippen LogP contribution is -2.48. The maximum Gasteiger partial charge on any atom is 0.407 e. The summed E-state index contributed by atoms with van der Waals surface area (Å²) in [5, 5.41) is 12.3. The van der Waals surface area contributed by atoms with Gasteiger partial charge in [0, 0.05) is 18.2 Å². The van der Waals surface area contributed by atoms with E-state index in [9.17, 15) is 10.1 Å². The Balaban J connectivity index is 2.39. The zero-order chi connectivity index (χ0) is 33.9. The van der Waals surface area contributed by atoms with Crippen LogP contribution < -0.4 is 14.8 Å². The molecule has 0 aromatic heterocycles. The number of carbonyl (C=O) groups is 1. The Hall–Kier alpha value is -3.07. The van der Waals surface area contributed by atoms with E-state index in [1.165, 1.54) is 24.9 Å². The number of nitriles is 1. The van der Waals surface area contributed by atoms with Crippen molar-refractivity contribution in [2.75, 3.05) is 26.6 Å². The number of methoxy groups -OCH3 is 1. The second-order valence-corrected chi connectivity index (χ2v) is 18.8. The molecule has 1 N–H and O–H groups in total. The van der Waals surface area contributed by atoms with Gasteiger partial charge in [0.15, 0.2) is 19.9 Å². The van der Waals surface area contributed by atoms with Gasteiger partial charge < -0.3 is 24.0 Å². The van der Waals surface area contributed by atoms with Gasteiger partial charge in [0.25, 0.3) is 0 Å². The lowest BCUT2D eigenvalue weighted by atomic mass is 10.1. The van der Waals surface area contributed by atoms with Crippen LogP contribution in [0.3, 0.4) is 0 Å². The summed E-state index contributed by atoms with van der Waals surface area (Å²) in [6.07, 6.45) is 1.25. The third-order valence-electron chi connectivity index (χ3n) is 7.43. The third-order valence-corrected chi connectivity index (χ3v) is 14.0. The zero-order valence-corrected chi connectivity index (χ0v) is 30.4. The van der Waals surface area contributed by atoms with E-state index in [-0.39, 0.29) is 24.5 Å². The number of nitrogens with one attached hydrogen (secondary N) is 1. The maximum absolute atomic E-state index is 16.0. The van der Waals surface area contributed by atoms with Crippen molar-refractivity contribution in [3.63, 3.8) is 0 Å². The highest BCUT2D eigenvalue weighted by Gasteiger charge is 2.44. The van der Waals surface area contributed by atoms with Gasteiger partial charge in [-0.25, -0.2) is 9.18 Å². The minimum atomic E-state index is -2.09. The monoisotopic (exact) mass is 658 g/mol. The molecule has 1 radical (unpaired) electrons. The van der Waals surface area contributed by atoms with Crippen molar-refractivity contribution in [3.8, 4) is 17.6 Å². The molecule has 45 heavy (non-hydrogen) atoms. The molecular weight excluding hydrogens is 610 g/mol. The Kier molecular flexibility index (Phi) is 14.4. The number of ether oxygens (including phenoxy) is 3. The van der Waals surface area contributed by atoms with Gasteiger partial charge in [-0.3, -0.25) is 4.99 Å². The minimum absolute atomic E-state index is 0.0446. The average Bonchev–Trinajstić information content (AvgIpc) is 2.95. The molecule has 0 aliphatic carbocycles. The van der Waals surface area contributed by atoms with E-state index in [1.54, 1.807) is 50.8 Å². The summed E-state index contributed by atoms with van der Waals surface area (Å²) in [6, 6.07) is 10.2. The zero-order valence-electron chi connectivity index (χ0n) is 28.5. The van der Waals surface area contributed by atoms with Crippen molar-refractivity contribution < 1.29 is 27.8 Å². The van der Waals surface area contributed by atoms with Crippen LogP contribution in [0.25, 0.3) is 0 Å². The van der Waals surface area contributed by atoms with Gasteiger partial charge >= 0.3 is 6.09 Å². The fraction of sp³-hybridized carbons (Fsp3) is 0.529. The highest BCUT2D eigenvalue weighted by Crippen LogP contribution is 2.42. The summed E-state index contributed by atoms with van der Waals surface area (Å²) in [5.74, 6) is 1.63. The van der Waals surface area contributed by atoms with Gasteiger partial charge in [-0.2, -0.15) is 17.0 Å². The van der Waals surface area contributed by atoms with E-state index in [2.05, 4.69) is 52.9 Å². The molecule has 0 spiro atoms. The minimum Gasteiger partial charge on any atom is -0.497 e. The first-order valence-electron chi connectivity index (χ1n) is 15.2. The quantitative estimate of drug-likeness (QED) is 0.116. The first kappa shape index (κ1) is 38.1. The molecule has 0 bridgehead atoms. The lowest BCUT2D eigenvalue weighted by Gasteiger charge is -2.42. The molecule has 0 heterocycles. The number of hydrogen-bond acceptors (Lipinski definition) is 8. The van der Waals surface area contributed by atoms with Crippen LogP contribution in [0.2, 0.25) is 16.6 Å². The molecule has 0 fully saturated rings. The van der Waals surface area contributed by atoms with Gasteiger partial charge in [-0.05, 0) is 73.5 Å². The average molecular weight is 659 g/mol. The molecule has 2 aromatic rings. The Bertz CT molecular complexity index is 1350. The SMILES string of the molecule is COc1cc(OCCO[Si](C(C)C)(C(C)C)C(C)C)c(F)c(C([CH]SC)=Nc2ccc(C#N)c(CNC(=O)OC(C)(C)C)c2)c1. The number of halogens is 1. The maximum atomic E-state index is 16.0. The van der Waals surface area contributed by atoms with E-state index in [0.717, 1.165) is 0 Å². The lowest BCUT2D eigenvalue weighted by molar-refractivity contribution is 0.0523. The molecule has 0 atom stereocenters. The van der Waals surface area contributed by atoms with Crippen LogP contribution in [0.4, 0.5) is 14.9 Å². The van der Waals surface area contributed by atoms with Crippen LogP contribution in [-0.2, 0) is 15.7 Å². The Morgan fingerprint density at radius 1 is 1.09 bits per heavy atom. The number of carbonyl (C=O) groups excluding carboxylic acids is 1. The van der Waals surface area contributed by atoms with Crippen LogP contribution in [0, 0.1) is 22.9 Å². The standard InChI is InChI=1S/C34H49FN3O5SSi/c1-22(2)45(23(3)4,24(5)6)42-15-14-41-31-18-28(40-10)17-29(32(31)35)30(21-44-11)38-27-13-12-25(19-36)26(16-27)20-37-33(39)43-34(7,8)9/h12-13,16-18,21-24H,14-15,20H2,1-11H3,(H,37,39). The van der Waals surface area contributed by atoms with Crippen molar-refractivity contribution >= 4 is 37.6 Å². The Morgan fingerprint density at radius 2 is 1.73 bits per heavy atom. The summed E-state index contributed by atoms with van der Waals surface area (Å²) in [6.45, 7) is 19.2. The second-order valence-electron chi connectivity index (χ2n) is 12.7. The van der Waals surface area contributed by atoms with Crippen molar-refractivity contribution in [1.29, 1.82) is 5.26 Å². The normalized spacial score (nSPS) is 12.4. The topological polar surface area (TPSA) is 102 Å². The van der Waals surface area contributed by atoms with E-state index in [4.69, 9.17) is 23.6 Å². The highest BCUT2D eigenvalue weighted by molar-refractivity contribution is 8.01. The highest BCUT2D eigenvalue weighted by atomic mass is 32.2. The molecule has 8 nitrogen and oxygen atoms in total. The number of alkyl carbamates (subject to hydrolysis) is 1. The predicted octanol–water partition coefficient (Wildman–Crippen LogP) is 8.95. The number of nitrogens with zero attached hydrogens (tertiary/aromatic N) is 2. The van der Waals surface area contributed by atoms with Crippen LogP contribution >= 0.6 is 11.8 Å².